The maximum absolute atomic E-state index is 13.3. The smallest absolute Gasteiger partial charge is 0.312 e. The van der Waals surface area contributed by atoms with Gasteiger partial charge in [-0.1, -0.05) is 17.9 Å². The van der Waals surface area contributed by atoms with Crippen LogP contribution in [0, 0.1) is 17.7 Å². The molecule has 0 bridgehead atoms. The number of rotatable bonds is 2. The van der Waals surface area contributed by atoms with Gasteiger partial charge in [0, 0.05) is 32.2 Å². The Kier molecular flexibility index (Phi) is 4.55. The molecule has 1 aliphatic heterocycles. The summed E-state index contributed by atoms with van der Waals surface area (Å²) < 4.78 is 13.3. The van der Waals surface area contributed by atoms with Gasteiger partial charge in [-0.05, 0) is 17.7 Å². The van der Waals surface area contributed by atoms with Gasteiger partial charge in [-0.3, -0.25) is 9.59 Å². The predicted octanol–water partition coefficient (Wildman–Crippen LogP) is -0.0299. The summed E-state index contributed by atoms with van der Waals surface area (Å²) in [7, 11) is 1.58. The van der Waals surface area contributed by atoms with E-state index in [1.54, 1.807) is 7.05 Å². The first-order chi connectivity index (χ1) is 10.0. The van der Waals surface area contributed by atoms with Gasteiger partial charge in [0.15, 0.2) is 0 Å². The number of aliphatic hydroxyl groups is 1. The number of carbonyl (C=O) groups excluding carboxylic acids is 2. The zero-order chi connectivity index (χ0) is 15.4. The van der Waals surface area contributed by atoms with Crippen LogP contribution < -0.4 is 0 Å². The van der Waals surface area contributed by atoms with Gasteiger partial charge in [-0.25, -0.2) is 4.39 Å². The van der Waals surface area contributed by atoms with Crippen molar-refractivity contribution in [3.63, 3.8) is 0 Å². The van der Waals surface area contributed by atoms with Gasteiger partial charge >= 0.3 is 11.8 Å². The van der Waals surface area contributed by atoms with Crippen LogP contribution in [0.4, 0.5) is 4.39 Å². The highest BCUT2D eigenvalue weighted by molar-refractivity contribution is 6.35. The average Bonchev–Trinajstić information content (AvgIpc) is 2.47. The third-order valence-corrected chi connectivity index (χ3v) is 3.26. The van der Waals surface area contributed by atoms with Crippen LogP contribution in [0.1, 0.15) is 11.1 Å². The van der Waals surface area contributed by atoms with E-state index >= 15 is 0 Å². The van der Waals surface area contributed by atoms with E-state index in [4.69, 9.17) is 5.11 Å². The molecule has 0 saturated carbocycles. The summed E-state index contributed by atoms with van der Waals surface area (Å²) in [6.45, 7) is 0.741. The van der Waals surface area contributed by atoms with Crippen LogP contribution in [-0.4, -0.2) is 53.5 Å². The van der Waals surface area contributed by atoms with Crippen molar-refractivity contribution in [2.75, 3.05) is 26.7 Å². The van der Waals surface area contributed by atoms with Crippen molar-refractivity contribution in [1.82, 2.24) is 9.80 Å². The van der Waals surface area contributed by atoms with Crippen molar-refractivity contribution in [3.05, 3.63) is 35.1 Å². The first-order valence-electron chi connectivity index (χ1n) is 6.45. The highest BCUT2D eigenvalue weighted by Gasteiger charge is 2.30. The van der Waals surface area contributed by atoms with Crippen molar-refractivity contribution in [2.45, 2.75) is 6.54 Å². The van der Waals surface area contributed by atoms with Gasteiger partial charge in [-0.15, -0.1) is 0 Å². The minimum atomic E-state index is -0.575. The Morgan fingerprint density at radius 2 is 2.05 bits per heavy atom. The van der Waals surface area contributed by atoms with Crippen LogP contribution in [0.2, 0.25) is 0 Å². The molecule has 0 aliphatic carbocycles. The quantitative estimate of drug-likeness (QED) is 0.614. The number of nitrogens with zero attached hydrogens (tertiary/aromatic N) is 2. The highest BCUT2D eigenvalue weighted by Crippen LogP contribution is 2.15. The predicted molar refractivity (Wildman–Crippen MR) is 73.4 cm³/mol. The molecule has 1 saturated heterocycles. The molecule has 0 spiro atoms. The van der Waals surface area contributed by atoms with Crippen molar-refractivity contribution in [1.29, 1.82) is 0 Å². The minimum Gasteiger partial charge on any atom is -0.384 e. The molecule has 1 aromatic carbocycles. The Bertz CT molecular complexity index is 634. The van der Waals surface area contributed by atoms with Gasteiger partial charge in [-0.2, -0.15) is 0 Å². The van der Waals surface area contributed by atoms with Crippen molar-refractivity contribution in [3.8, 4) is 11.8 Å². The Balaban J connectivity index is 2.23. The molecule has 0 aromatic heterocycles. The number of halogens is 1. The lowest BCUT2D eigenvalue weighted by molar-refractivity contribution is -0.155. The molecule has 1 aromatic rings. The molecule has 1 fully saturated rings. The number of piperazine rings is 1. The molecule has 5 nitrogen and oxygen atoms in total. The lowest BCUT2D eigenvalue weighted by atomic mass is 10.1. The fourth-order valence-corrected chi connectivity index (χ4v) is 2.07. The third kappa shape index (κ3) is 3.38. The summed E-state index contributed by atoms with van der Waals surface area (Å²) in [4.78, 5) is 26.4. The maximum Gasteiger partial charge on any atom is 0.312 e. The molecule has 1 aliphatic rings. The first kappa shape index (κ1) is 15.0. The summed E-state index contributed by atoms with van der Waals surface area (Å²) in [5, 5.41) is 8.73. The molecule has 0 unspecified atom stereocenters. The summed E-state index contributed by atoms with van der Waals surface area (Å²) in [5.74, 6) is 3.54. The summed E-state index contributed by atoms with van der Waals surface area (Å²) >= 11 is 0. The van der Waals surface area contributed by atoms with Crippen LogP contribution in [0.5, 0.6) is 0 Å². The lowest BCUT2D eigenvalue weighted by Gasteiger charge is -2.31. The third-order valence-electron chi connectivity index (χ3n) is 3.26. The first-order valence-corrected chi connectivity index (χ1v) is 6.45. The average molecular weight is 290 g/mol. The fraction of sp³-hybridized carbons (Fsp3) is 0.333. The zero-order valence-electron chi connectivity index (χ0n) is 11.6. The summed E-state index contributed by atoms with van der Waals surface area (Å²) in [5.41, 5.74) is 1.05. The number of hydrogen-bond donors (Lipinski definition) is 1. The number of benzene rings is 1. The SMILES string of the molecule is CN1CCN(Cc2ccc(F)cc2C#CCO)C(=O)C1=O. The number of likely N-dealkylation sites (N-methyl/N-ethyl adjacent to an activating group) is 1. The molecular weight excluding hydrogens is 275 g/mol. The van der Waals surface area contributed by atoms with Crippen LogP contribution >= 0.6 is 0 Å². The molecule has 1 heterocycles. The Morgan fingerprint density at radius 3 is 2.76 bits per heavy atom. The zero-order valence-corrected chi connectivity index (χ0v) is 11.6. The maximum atomic E-state index is 13.3. The molecule has 1 N–H and O–H groups in total. The van der Waals surface area contributed by atoms with Gasteiger partial charge in [0.05, 0.1) is 0 Å². The van der Waals surface area contributed by atoms with Gasteiger partial charge in [0.2, 0.25) is 0 Å². The Morgan fingerprint density at radius 1 is 1.29 bits per heavy atom. The molecule has 2 amide bonds. The van der Waals surface area contributed by atoms with E-state index in [0.717, 1.165) is 0 Å². The van der Waals surface area contributed by atoms with Gasteiger partial charge in [0.1, 0.15) is 12.4 Å². The molecular formula is C15H15FN2O3. The second-order valence-corrected chi connectivity index (χ2v) is 4.71. The molecule has 0 radical (unpaired) electrons. The Labute approximate surface area is 122 Å². The largest absolute Gasteiger partial charge is 0.384 e. The van der Waals surface area contributed by atoms with E-state index in [0.29, 0.717) is 24.2 Å². The van der Waals surface area contributed by atoms with E-state index in [2.05, 4.69) is 11.8 Å². The second-order valence-electron chi connectivity index (χ2n) is 4.71. The summed E-state index contributed by atoms with van der Waals surface area (Å²) in [6, 6.07) is 4.06. The molecule has 21 heavy (non-hydrogen) atoms. The van der Waals surface area contributed by atoms with E-state index in [1.165, 1.54) is 28.0 Å². The van der Waals surface area contributed by atoms with Crippen LogP contribution in [0.3, 0.4) is 0 Å². The summed E-state index contributed by atoms with van der Waals surface area (Å²) in [6.07, 6.45) is 0. The van der Waals surface area contributed by atoms with Crippen LogP contribution in [0.25, 0.3) is 0 Å². The molecule has 110 valence electrons. The lowest BCUT2D eigenvalue weighted by Crippen LogP contribution is -2.52. The van der Waals surface area contributed by atoms with Crippen LogP contribution in [-0.2, 0) is 16.1 Å². The van der Waals surface area contributed by atoms with E-state index in [1.807, 2.05) is 0 Å². The number of amides is 2. The molecule has 2 rings (SSSR count). The highest BCUT2D eigenvalue weighted by atomic mass is 19.1. The normalized spacial score (nSPS) is 15.0. The van der Waals surface area contributed by atoms with Gasteiger partial charge < -0.3 is 14.9 Å². The van der Waals surface area contributed by atoms with Crippen molar-refractivity contribution >= 4 is 11.8 Å². The molecule has 6 heteroatoms. The number of carbonyl (C=O) groups is 2. The monoisotopic (exact) mass is 290 g/mol. The second kappa shape index (κ2) is 6.37. The minimum absolute atomic E-state index is 0.189. The number of aliphatic hydroxyl groups excluding tert-OH is 1. The fourth-order valence-electron chi connectivity index (χ4n) is 2.07. The number of hydrogen-bond acceptors (Lipinski definition) is 3. The van der Waals surface area contributed by atoms with Crippen molar-refractivity contribution in [2.24, 2.45) is 0 Å². The van der Waals surface area contributed by atoms with Gasteiger partial charge in [0.25, 0.3) is 0 Å². The van der Waals surface area contributed by atoms with Crippen LogP contribution in [0.15, 0.2) is 18.2 Å². The van der Waals surface area contributed by atoms with E-state index in [9.17, 15) is 14.0 Å². The van der Waals surface area contributed by atoms with E-state index < -0.39 is 17.6 Å². The standard InChI is InChI=1S/C15H15FN2O3/c1-17-6-7-18(15(21)14(17)20)10-12-4-5-13(16)9-11(12)3-2-8-19/h4-5,9,19H,6-8,10H2,1H3. The topological polar surface area (TPSA) is 60.9 Å². The van der Waals surface area contributed by atoms with E-state index in [-0.39, 0.29) is 13.2 Å². The molecule has 0 atom stereocenters. The Hall–Kier alpha value is -2.39. The van der Waals surface area contributed by atoms with Crippen molar-refractivity contribution < 1.29 is 19.1 Å².